The predicted octanol–water partition coefficient (Wildman–Crippen LogP) is 2.60. The molecule has 7 heteroatoms. The number of rotatable bonds is 7. The van der Waals surface area contributed by atoms with Gasteiger partial charge < -0.3 is 5.32 Å². The van der Waals surface area contributed by atoms with Gasteiger partial charge in [-0.2, -0.15) is 0 Å². The van der Waals surface area contributed by atoms with Crippen LogP contribution in [0.3, 0.4) is 0 Å². The molecule has 19 heavy (non-hydrogen) atoms. The number of nitro benzene ring substituents is 1. The van der Waals surface area contributed by atoms with Crippen LogP contribution in [0.1, 0.15) is 18.9 Å². The van der Waals surface area contributed by atoms with Gasteiger partial charge in [0.15, 0.2) is 0 Å². The van der Waals surface area contributed by atoms with Gasteiger partial charge in [0.05, 0.1) is 9.40 Å². The van der Waals surface area contributed by atoms with Crippen LogP contribution < -0.4 is 5.32 Å². The van der Waals surface area contributed by atoms with Gasteiger partial charge >= 0.3 is 0 Å². The number of hydrogen-bond acceptors (Lipinski definition) is 4. The topological polar surface area (TPSA) is 72.2 Å². The van der Waals surface area contributed by atoms with Crippen molar-refractivity contribution in [2.75, 3.05) is 12.8 Å². The van der Waals surface area contributed by atoms with Crippen LogP contribution >= 0.6 is 15.9 Å². The molecule has 2 atom stereocenters. The van der Waals surface area contributed by atoms with Crippen molar-refractivity contribution in [3.05, 3.63) is 38.3 Å². The van der Waals surface area contributed by atoms with E-state index in [1.54, 1.807) is 12.3 Å². The Morgan fingerprint density at radius 3 is 2.79 bits per heavy atom. The Bertz CT molecular complexity index is 482. The average Bonchev–Trinajstić information content (AvgIpc) is 2.35. The molecular weight excluding hydrogens is 332 g/mol. The van der Waals surface area contributed by atoms with E-state index in [9.17, 15) is 14.3 Å². The zero-order chi connectivity index (χ0) is 14.4. The fourth-order valence-electron chi connectivity index (χ4n) is 1.54. The van der Waals surface area contributed by atoms with Gasteiger partial charge in [0, 0.05) is 34.9 Å². The number of nitrogens with one attached hydrogen (secondary N) is 1. The molecule has 0 aromatic heterocycles. The van der Waals surface area contributed by atoms with Crippen LogP contribution in [0.4, 0.5) is 5.69 Å². The monoisotopic (exact) mass is 348 g/mol. The van der Waals surface area contributed by atoms with Crippen LogP contribution in [-0.4, -0.2) is 27.2 Å². The van der Waals surface area contributed by atoms with Crippen LogP contribution in [0, 0.1) is 10.1 Å². The first kappa shape index (κ1) is 16.3. The van der Waals surface area contributed by atoms with Gasteiger partial charge in [-0.1, -0.05) is 19.1 Å². The van der Waals surface area contributed by atoms with Crippen LogP contribution in [0.15, 0.2) is 22.7 Å². The van der Waals surface area contributed by atoms with Crippen molar-refractivity contribution in [2.24, 2.45) is 0 Å². The van der Waals surface area contributed by atoms with Crippen LogP contribution in [0.5, 0.6) is 0 Å². The molecule has 0 aliphatic heterocycles. The lowest BCUT2D eigenvalue weighted by atomic mass is 10.2. The third kappa shape index (κ3) is 5.00. The predicted molar refractivity (Wildman–Crippen MR) is 80.6 cm³/mol. The van der Waals surface area contributed by atoms with E-state index in [1.807, 2.05) is 13.0 Å². The summed E-state index contributed by atoms with van der Waals surface area (Å²) in [5.41, 5.74) is 0.918. The van der Waals surface area contributed by atoms with E-state index in [2.05, 4.69) is 21.2 Å². The molecule has 0 saturated carbocycles. The molecule has 0 aliphatic rings. The molecule has 1 aromatic carbocycles. The van der Waals surface area contributed by atoms with Crippen molar-refractivity contribution < 1.29 is 9.13 Å². The van der Waals surface area contributed by atoms with Crippen LogP contribution in [0.25, 0.3) is 0 Å². The second-order valence-corrected chi connectivity index (χ2v) is 6.88. The standard InChI is InChI=1S/C12H17BrN2O3S/c1-9(19(2)18)6-7-14-8-10-4-3-5-11(12(10)13)15(16)17/h3-5,9,14H,6-8H2,1-2H3. The van der Waals surface area contributed by atoms with Gasteiger partial charge in [-0.05, 0) is 34.5 Å². The highest BCUT2D eigenvalue weighted by Gasteiger charge is 2.14. The number of hydrogen-bond donors (Lipinski definition) is 1. The number of nitro groups is 1. The minimum Gasteiger partial charge on any atom is -0.313 e. The lowest BCUT2D eigenvalue weighted by Gasteiger charge is -2.10. The van der Waals surface area contributed by atoms with Crippen molar-refractivity contribution in [1.29, 1.82) is 0 Å². The van der Waals surface area contributed by atoms with E-state index in [0.717, 1.165) is 18.5 Å². The number of nitrogens with zero attached hydrogens (tertiary/aromatic N) is 1. The Kier molecular flexibility index (Phi) is 6.60. The maximum atomic E-state index is 11.2. The van der Waals surface area contributed by atoms with Crippen molar-refractivity contribution in [3.8, 4) is 0 Å². The molecule has 2 unspecified atom stereocenters. The van der Waals surface area contributed by atoms with Crippen molar-refractivity contribution in [3.63, 3.8) is 0 Å². The molecule has 0 radical (unpaired) electrons. The van der Waals surface area contributed by atoms with E-state index < -0.39 is 15.7 Å². The molecule has 0 bridgehead atoms. The first-order chi connectivity index (χ1) is 8.93. The van der Waals surface area contributed by atoms with E-state index in [-0.39, 0.29) is 10.9 Å². The van der Waals surface area contributed by atoms with Gasteiger partial charge in [0.25, 0.3) is 5.69 Å². The summed E-state index contributed by atoms with van der Waals surface area (Å²) >= 11 is 3.26. The van der Waals surface area contributed by atoms with Crippen LogP contribution in [0.2, 0.25) is 0 Å². The zero-order valence-corrected chi connectivity index (χ0v) is 13.3. The molecule has 0 spiro atoms. The fraction of sp³-hybridized carbons (Fsp3) is 0.500. The number of halogens is 1. The third-order valence-electron chi connectivity index (χ3n) is 2.86. The summed E-state index contributed by atoms with van der Waals surface area (Å²) in [4.78, 5) is 10.4. The van der Waals surface area contributed by atoms with Gasteiger partial charge in [-0.15, -0.1) is 0 Å². The molecule has 0 aliphatic carbocycles. The molecule has 1 N–H and O–H groups in total. The minimum absolute atomic E-state index is 0.0716. The molecule has 5 nitrogen and oxygen atoms in total. The first-order valence-electron chi connectivity index (χ1n) is 5.88. The van der Waals surface area contributed by atoms with Crippen molar-refractivity contribution >= 4 is 32.4 Å². The maximum Gasteiger partial charge on any atom is 0.283 e. The molecule has 0 amide bonds. The smallest absolute Gasteiger partial charge is 0.283 e. The minimum atomic E-state index is -0.811. The summed E-state index contributed by atoms with van der Waals surface area (Å²) in [6.07, 6.45) is 2.51. The molecule has 0 saturated heterocycles. The normalized spacial score (nSPS) is 14.1. The van der Waals surface area contributed by atoms with Gasteiger partial charge in [0.1, 0.15) is 0 Å². The van der Waals surface area contributed by atoms with Gasteiger partial charge in [0.2, 0.25) is 0 Å². The number of benzene rings is 1. The maximum absolute atomic E-state index is 11.2. The van der Waals surface area contributed by atoms with Gasteiger partial charge in [-0.25, -0.2) is 0 Å². The van der Waals surface area contributed by atoms with Crippen molar-refractivity contribution in [2.45, 2.75) is 25.1 Å². The molecular formula is C12H17BrN2O3S. The molecule has 0 heterocycles. The second-order valence-electron chi connectivity index (χ2n) is 4.28. The summed E-state index contributed by atoms with van der Waals surface area (Å²) in [6, 6.07) is 4.98. The van der Waals surface area contributed by atoms with E-state index in [0.29, 0.717) is 11.0 Å². The molecule has 0 fully saturated rings. The second kappa shape index (κ2) is 7.72. The highest BCUT2D eigenvalue weighted by atomic mass is 79.9. The summed E-state index contributed by atoms with van der Waals surface area (Å²) < 4.78 is 11.7. The lowest BCUT2D eigenvalue weighted by molar-refractivity contribution is -0.385. The van der Waals surface area contributed by atoms with Crippen LogP contribution in [-0.2, 0) is 17.3 Å². The largest absolute Gasteiger partial charge is 0.313 e. The summed E-state index contributed by atoms with van der Waals surface area (Å²) in [5.74, 6) is 0. The summed E-state index contributed by atoms with van der Waals surface area (Å²) in [7, 11) is -0.811. The Hall–Kier alpha value is -0.790. The van der Waals surface area contributed by atoms with Crippen molar-refractivity contribution in [1.82, 2.24) is 5.32 Å². The molecule has 1 aromatic rings. The quantitative estimate of drug-likeness (QED) is 0.467. The highest BCUT2D eigenvalue weighted by molar-refractivity contribution is 9.10. The lowest BCUT2D eigenvalue weighted by Crippen LogP contribution is -2.21. The Balaban J connectivity index is 2.52. The first-order valence-corrected chi connectivity index (χ1v) is 8.29. The van der Waals surface area contributed by atoms with E-state index in [4.69, 9.17) is 0 Å². The fourth-order valence-corrected chi connectivity index (χ4v) is 2.54. The Labute approximate surface area is 123 Å². The Morgan fingerprint density at radius 2 is 2.21 bits per heavy atom. The average molecular weight is 349 g/mol. The molecule has 1 rings (SSSR count). The molecule has 106 valence electrons. The summed E-state index contributed by atoms with van der Waals surface area (Å²) in [5, 5.41) is 14.2. The highest BCUT2D eigenvalue weighted by Crippen LogP contribution is 2.28. The third-order valence-corrected chi connectivity index (χ3v) is 5.15. The Morgan fingerprint density at radius 1 is 1.53 bits per heavy atom. The van der Waals surface area contributed by atoms with E-state index in [1.165, 1.54) is 6.07 Å². The van der Waals surface area contributed by atoms with Gasteiger partial charge in [-0.3, -0.25) is 14.3 Å². The zero-order valence-electron chi connectivity index (χ0n) is 10.9. The summed E-state index contributed by atoms with van der Waals surface area (Å²) in [6.45, 7) is 3.22. The van der Waals surface area contributed by atoms with E-state index >= 15 is 0 Å². The SMILES string of the molecule is CC(CCNCc1cccc([N+](=O)[O-])c1Br)S(C)=O.